The summed E-state index contributed by atoms with van der Waals surface area (Å²) in [6.45, 7) is 2.88. The van der Waals surface area contributed by atoms with Crippen LogP contribution in [0.3, 0.4) is 0 Å². The normalized spacial score (nSPS) is 32.4. The van der Waals surface area contributed by atoms with E-state index < -0.39 is 0 Å². The van der Waals surface area contributed by atoms with Crippen LogP contribution in [0, 0.1) is 0 Å². The Kier molecular flexibility index (Phi) is 2.84. The Hall–Kier alpha value is -0.810. The first kappa shape index (κ1) is 10.7. The number of rotatable bonds is 2. The standard InChI is InChI=1S/C10H18N2O3/c1-11-4-2-3-10(7-11)8-12(5-6-13)9(14)15-10/h13H,2-8H2,1H3. The van der Waals surface area contributed by atoms with E-state index in [-0.39, 0.29) is 18.3 Å². The van der Waals surface area contributed by atoms with Crippen LogP contribution in [0.25, 0.3) is 0 Å². The highest BCUT2D eigenvalue weighted by Crippen LogP contribution is 2.31. The summed E-state index contributed by atoms with van der Waals surface area (Å²) in [6, 6.07) is 0. The summed E-state index contributed by atoms with van der Waals surface area (Å²) in [5.74, 6) is 0. The van der Waals surface area contributed by atoms with Gasteiger partial charge in [0.25, 0.3) is 0 Å². The molecule has 2 saturated heterocycles. The second kappa shape index (κ2) is 3.98. The maximum absolute atomic E-state index is 11.5. The van der Waals surface area contributed by atoms with Crippen molar-refractivity contribution in [3.8, 4) is 0 Å². The number of hydrogen-bond acceptors (Lipinski definition) is 4. The van der Waals surface area contributed by atoms with E-state index >= 15 is 0 Å². The summed E-state index contributed by atoms with van der Waals surface area (Å²) < 4.78 is 5.46. The number of likely N-dealkylation sites (tertiary alicyclic amines) is 1. The Morgan fingerprint density at radius 3 is 3.00 bits per heavy atom. The minimum absolute atomic E-state index is 0.00101. The van der Waals surface area contributed by atoms with Crippen molar-refractivity contribution in [2.45, 2.75) is 18.4 Å². The van der Waals surface area contributed by atoms with Crippen LogP contribution >= 0.6 is 0 Å². The SMILES string of the molecule is CN1CCCC2(C1)CN(CCO)C(=O)O2. The number of piperidine rings is 1. The third-order valence-electron chi connectivity index (χ3n) is 3.14. The van der Waals surface area contributed by atoms with Crippen LogP contribution in [0.2, 0.25) is 0 Å². The van der Waals surface area contributed by atoms with E-state index in [2.05, 4.69) is 4.90 Å². The van der Waals surface area contributed by atoms with Crippen LogP contribution in [0.4, 0.5) is 4.79 Å². The predicted molar refractivity (Wildman–Crippen MR) is 54.6 cm³/mol. The fourth-order valence-electron chi connectivity index (χ4n) is 2.52. The predicted octanol–water partition coefficient (Wildman–Crippen LogP) is -0.105. The molecule has 86 valence electrons. The number of aliphatic hydroxyl groups excluding tert-OH is 1. The van der Waals surface area contributed by atoms with E-state index in [9.17, 15) is 4.79 Å². The van der Waals surface area contributed by atoms with Gasteiger partial charge in [-0.05, 0) is 26.4 Å². The lowest BCUT2D eigenvalue weighted by molar-refractivity contribution is -0.000667. The van der Waals surface area contributed by atoms with Gasteiger partial charge in [-0.25, -0.2) is 4.79 Å². The average Bonchev–Trinajstić information content (AvgIpc) is 2.43. The Labute approximate surface area is 89.6 Å². The summed E-state index contributed by atoms with van der Waals surface area (Å²) in [5.41, 5.74) is -0.320. The second-order valence-electron chi connectivity index (χ2n) is 4.54. The van der Waals surface area contributed by atoms with E-state index in [1.165, 1.54) is 0 Å². The monoisotopic (exact) mass is 214 g/mol. The van der Waals surface area contributed by atoms with Crippen LogP contribution in [-0.4, -0.2) is 66.4 Å². The molecule has 0 saturated carbocycles. The third kappa shape index (κ3) is 2.08. The lowest BCUT2D eigenvalue weighted by atomic mass is 9.93. The molecule has 0 bridgehead atoms. The van der Waals surface area contributed by atoms with E-state index in [1.54, 1.807) is 4.90 Å². The molecule has 1 unspecified atom stereocenters. The molecule has 2 aliphatic heterocycles. The van der Waals surface area contributed by atoms with Gasteiger partial charge in [-0.2, -0.15) is 0 Å². The van der Waals surface area contributed by atoms with Crippen LogP contribution in [0.15, 0.2) is 0 Å². The van der Waals surface area contributed by atoms with E-state index in [0.29, 0.717) is 13.1 Å². The molecular weight excluding hydrogens is 196 g/mol. The van der Waals surface area contributed by atoms with Gasteiger partial charge in [-0.3, -0.25) is 0 Å². The van der Waals surface area contributed by atoms with Crippen LogP contribution in [0.5, 0.6) is 0 Å². The molecule has 0 radical (unpaired) electrons. The van der Waals surface area contributed by atoms with Crippen LogP contribution in [0.1, 0.15) is 12.8 Å². The number of amides is 1. The molecule has 1 atom stereocenters. The van der Waals surface area contributed by atoms with Crippen molar-refractivity contribution >= 4 is 6.09 Å². The number of β-amino-alcohol motifs (C(OH)–C–C–N with tert-alkyl or cyclic N) is 1. The minimum atomic E-state index is -0.320. The smallest absolute Gasteiger partial charge is 0.410 e. The number of likely N-dealkylation sites (N-methyl/N-ethyl adjacent to an activating group) is 1. The quantitative estimate of drug-likeness (QED) is 0.697. The lowest BCUT2D eigenvalue weighted by Gasteiger charge is -2.36. The molecule has 15 heavy (non-hydrogen) atoms. The molecule has 5 nitrogen and oxygen atoms in total. The Balaban J connectivity index is 2.02. The van der Waals surface area contributed by atoms with Crippen molar-refractivity contribution in [2.75, 3.05) is 39.8 Å². The zero-order chi connectivity index (χ0) is 10.9. The van der Waals surface area contributed by atoms with Crippen molar-refractivity contribution in [2.24, 2.45) is 0 Å². The van der Waals surface area contributed by atoms with Crippen molar-refractivity contribution in [3.63, 3.8) is 0 Å². The van der Waals surface area contributed by atoms with Gasteiger partial charge >= 0.3 is 6.09 Å². The molecule has 2 rings (SSSR count). The maximum Gasteiger partial charge on any atom is 0.410 e. The summed E-state index contributed by atoms with van der Waals surface area (Å²) in [6.07, 6.45) is 1.72. The lowest BCUT2D eigenvalue weighted by Crippen LogP contribution is -2.49. The maximum atomic E-state index is 11.5. The molecule has 0 aromatic carbocycles. The number of ether oxygens (including phenoxy) is 1. The molecule has 1 spiro atoms. The van der Waals surface area contributed by atoms with Crippen LogP contribution < -0.4 is 0 Å². The largest absolute Gasteiger partial charge is 0.440 e. The van der Waals surface area contributed by atoms with Gasteiger partial charge in [-0.15, -0.1) is 0 Å². The fraction of sp³-hybridized carbons (Fsp3) is 0.900. The highest BCUT2D eigenvalue weighted by atomic mass is 16.6. The molecule has 1 N–H and O–H groups in total. The van der Waals surface area contributed by atoms with Gasteiger partial charge in [0, 0.05) is 13.1 Å². The van der Waals surface area contributed by atoms with Crippen molar-refractivity contribution in [3.05, 3.63) is 0 Å². The van der Waals surface area contributed by atoms with E-state index in [4.69, 9.17) is 9.84 Å². The van der Waals surface area contributed by atoms with Gasteiger partial charge < -0.3 is 19.6 Å². The zero-order valence-electron chi connectivity index (χ0n) is 9.11. The topological polar surface area (TPSA) is 53.0 Å². The van der Waals surface area contributed by atoms with E-state index in [0.717, 1.165) is 25.9 Å². The Morgan fingerprint density at radius 2 is 2.33 bits per heavy atom. The van der Waals surface area contributed by atoms with Crippen molar-refractivity contribution in [1.29, 1.82) is 0 Å². The van der Waals surface area contributed by atoms with Gasteiger partial charge in [0.1, 0.15) is 5.60 Å². The number of carbonyl (C=O) groups is 1. The summed E-state index contributed by atoms with van der Waals surface area (Å²) >= 11 is 0. The fourth-order valence-corrected chi connectivity index (χ4v) is 2.52. The van der Waals surface area contributed by atoms with Crippen molar-refractivity contribution < 1.29 is 14.6 Å². The number of aliphatic hydroxyl groups is 1. The molecule has 0 aliphatic carbocycles. The molecule has 2 aliphatic rings. The van der Waals surface area contributed by atoms with Crippen LogP contribution in [-0.2, 0) is 4.74 Å². The first-order chi connectivity index (χ1) is 7.15. The molecule has 1 amide bonds. The molecule has 0 aromatic rings. The first-order valence-corrected chi connectivity index (χ1v) is 5.42. The molecule has 2 fully saturated rings. The average molecular weight is 214 g/mol. The summed E-state index contributed by atoms with van der Waals surface area (Å²) in [5, 5.41) is 8.82. The second-order valence-corrected chi connectivity index (χ2v) is 4.54. The number of carbonyl (C=O) groups excluding carboxylic acids is 1. The highest BCUT2D eigenvalue weighted by molar-refractivity contribution is 5.70. The number of hydrogen-bond donors (Lipinski definition) is 1. The summed E-state index contributed by atoms with van der Waals surface area (Å²) in [4.78, 5) is 15.3. The van der Waals surface area contributed by atoms with E-state index in [1.807, 2.05) is 7.05 Å². The molecule has 0 aromatic heterocycles. The zero-order valence-corrected chi connectivity index (χ0v) is 9.11. The minimum Gasteiger partial charge on any atom is -0.440 e. The van der Waals surface area contributed by atoms with Crippen molar-refractivity contribution in [1.82, 2.24) is 9.80 Å². The number of nitrogens with zero attached hydrogens (tertiary/aromatic N) is 2. The highest BCUT2D eigenvalue weighted by Gasteiger charge is 2.46. The third-order valence-corrected chi connectivity index (χ3v) is 3.14. The molecule has 2 heterocycles. The Morgan fingerprint density at radius 1 is 1.53 bits per heavy atom. The van der Waals surface area contributed by atoms with Gasteiger partial charge in [0.05, 0.1) is 13.2 Å². The van der Waals surface area contributed by atoms with Gasteiger partial charge in [0.2, 0.25) is 0 Å². The van der Waals surface area contributed by atoms with Gasteiger partial charge in [0.15, 0.2) is 0 Å². The Bertz CT molecular complexity index is 259. The molecule has 5 heteroatoms. The first-order valence-electron chi connectivity index (χ1n) is 5.42. The summed E-state index contributed by atoms with van der Waals surface area (Å²) in [7, 11) is 2.05. The van der Waals surface area contributed by atoms with Gasteiger partial charge in [-0.1, -0.05) is 0 Å². The molecular formula is C10H18N2O3.